The SMILES string of the molecule is CCn1c(-c2ccccc2NC)cs/c1=N\c1ccc(C(=O)O)cc1. The van der Waals surface area contributed by atoms with Crippen molar-refractivity contribution in [1.82, 2.24) is 4.57 Å². The number of carboxylic acids is 1. The van der Waals surface area contributed by atoms with Gasteiger partial charge in [0.1, 0.15) is 0 Å². The highest BCUT2D eigenvalue weighted by Gasteiger charge is 2.10. The average Bonchev–Trinajstić information content (AvgIpc) is 3.04. The molecule has 6 heteroatoms. The minimum atomic E-state index is -0.933. The number of benzene rings is 2. The van der Waals surface area contributed by atoms with E-state index in [0.29, 0.717) is 0 Å². The molecule has 25 heavy (non-hydrogen) atoms. The molecular formula is C19H19N3O2S. The Labute approximate surface area is 149 Å². The number of nitrogens with one attached hydrogen (secondary N) is 1. The molecule has 0 amide bonds. The Kier molecular flexibility index (Phi) is 5.00. The molecule has 0 radical (unpaired) electrons. The number of para-hydroxylation sites is 1. The lowest BCUT2D eigenvalue weighted by Gasteiger charge is -2.11. The highest BCUT2D eigenvalue weighted by Crippen LogP contribution is 2.28. The van der Waals surface area contributed by atoms with E-state index in [1.807, 2.05) is 19.2 Å². The maximum Gasteiger partial charge on any atom is 0.335 e. The lowest BCUT2D eigenvalue weighted by atomic mass is 10.1. The summed E-state index contributed by atoms with van der Waals surface area (Å²) in [7, 11) is 1.91. The third kappa shape index (κ3) is 3.49. The Hall–Kier alpha value is -2.86. The van der Waals surface area contributed by atoms with E-state index in [1.54, 1.807) is 35.6 Å². The second-order valence-electron chi connectivity index (χ2n) is 5.41. The van der Waals surface area contributed by atoms with E-state index in [4.69, 9.17) is 5.11 Å². The first-order valence-electron chi connectivity index (χ1n) is 7.97. The highest BCUT2D eigenvalue weighted by atomic mass is 32.1. The molecule has 0 saturated heterocycles. The van der Waals surface area contributed by atoms with Gasteiger partial charge >= 0.3 is 5.97 Å². The Bertz CT molecular complexity index is 955. The Morgan fingerprint density at radius 1 is 1.20 bits per heavy atom. The van der Waals surface area contributed by atoms with E-state index in [1.165, 1.54) is 0 Å². The summed E-state index contributed by atoms with van der Waals surface area (Å²) in [5.74, 6) is -0.933. The molecule has 128 valence electrons. The topological polar surface area (TPSA) is 66.6 Å². The lowest BCUT2D eigenvalue weighted by Crippen LogP contribution is -2.14. The Morgan fingerprint density at radius 3 is 2.56 bits per heavy atom. The van der Waals surface area contributed by atoms with Crippen LogP contribution in [0.15, 0.2) is 58.9 Å². The summed E-state index contributed by atoms with van der Waals surface area (Å²) in [6.45, 7) is 2.88. The molecule has 2 aromatic carbocycles. The minimum Gasteiger partial charge on any atom is -0.478 e. The van der Waals surface area contributed by atoms with Crippen LogP contribution >= 0.6 is 11.3 Å². The van der Waals surface area contributed by atoms with Gasteiger partial charge in [-0.25, -0.2) is 9.79 Å². The van der Waals surface area contributed by atoms with Gasteiger partial charge in [0, 0.05) is 30.2 Å². The zero-order valence-corrected chi connectivity index (χ0v) is 14.9. The summed E-state index contributed by atoms with van der Waals surface area (Å²) in [6, 6.07) is 14.8. The Balaban J connectivity index is 2.07. The van der Waals surface area contributed by atoms with Gasteiger partial charge in [-0.15, -0.1) is 11.3 Å². The molecule has 1 heterocycles. The van der Waals surface area contributed by atoms with Crippen LogP contribution in [0.5, 0.6) is 0 Å². The number of carboxylic acid groups (broad SMARTS) is 1. The van der Waals surface area contributed by atoms with Gasteiger partial charge in [-0.2, -0.15) is 0 Å². The van der Waals surface area contributed by atoms with Gasteiger partial charge in [0.05, 0.1) is 16.9 Å². The van der Waals surface area contributed by atoms with E-state index in [9.17, 15) is 4.79 Å². The zero-order valence-electron chi connectivity index (χ0n) is 14.1. The van der Waals surface area contributed by atoms with Gasteiger partial charge in [-0.3, -0.25) is 0 Å². The quantitative estimate of drug-likeness (QED) is 0.722. The molecule has 2 N–H and O–H groups in total. The fourth-order valence-electron chi connectivity index (χ4n) is 2.65. The number of aromatic nitrogens is 1. The molecule has 0 aliphatic carbocycles. The average molecular weight is 353 g/mol. The predicted octanol–water partition coefficient (Wildman–Crippen LogP) is 4.21. The molecule has 3 aromatic rings. The van der Waals surface area contributed by atoms with Crippen LogP contribution in [0.1, 0.15) is 17.3 Å². The van der Waals surface area contributed by atoms with Crippen LogP contribution in [0.3, 0.4) is 0 Å². The van der Waals surface area contributed by atoms with Crippen molar-refractivity contribution in [3.8, 4) is 11.3 Å². The van der Waals surface area contributed by atoms with Gasteiger partial charge < -0.3 is 15.0 Å². The van der Waals surface area contributed by atoms with Crippen LogP contribution in [0.25, 0.3) is 11.3 Å². The number of carbonyl (C=O) groups is 1. The van der Waals surface area contributed by atoms with Crippen molar-refractivity contribution in [3.63, 3.8) is 0 Å². The summed E-state index contributed by atoms with van der Waals surface area (Å²) in [5, 5.41) is 14.3. The molecule has 3 rings (SSSR count). The fourth-order valence-corrected chi connectivity index (χ4v) is 3.64. The summed E-state index contributed by atoms with van der Waals surface area (Å²) in [6.07, 6.45) is 0. The number of aromatic carboxylic acids is 1. The van der Waals surface area contributed by atoms with Crippen LogP contribution in [-0.4, -0.2) is 22.7 Å². The lowest BCUT2D eigenvalue weighted by molar-refractivity contribution is 0.0697. The van der Waals surface area contributed by atoms with E-state index >= 15 is 0 Å². The summed E-state index contributed by atoms with van der Waals surface area (Å²) in [5.41, 5.74) is 4.31. The number of rotatable bonds is 5. The van der Waals surface area contributed by atoms with Crippen molar-refractivity contribution in [3.05, 3.63) is 64.3 Å². The smallest absolute Gasteiger partial charge is 0.335 e. The third-order valence-electron chi connectivity index (χ3n) is 3.93. The van der Waals surface area contributed by atoms with E-state index < -0.39 is 5.97 Å². The van der Waals surface area contributed by atoms with Gasteiger partial charge in [0.25, 0.3) is 0 Å². The molecule has 1 aromatic heterocycles. The van der Waals surface area contributed by atoms with E-state index in [0.717, 1.165) is 34.0 Å². The van der Waals surface area contributed by atoms with Crippen molar-refractivity contribution in [1.29, 1.82) is 0 Å². The van der Waals surface area contributed by atoms with Crippen molar-refractivity contribution >= 4 is 28.7 Å². The number of hydrogen-bond acceptors (Lipinski definition) is 4. The third-order valence-corrected chi connectivity index (χ3v) is 4.79. The van der Waals surface area contributed by atoms with Gasteiger partial charge in [-0.05, 0) is 37.3 Å². The molecule has 0 unspecified atom stereocenters. The number of thiazole rings is 1. The summed E-state index contributed by atoms with van der Waals surface area (Å²) in [4.78, 5) is 16.5. The molecule has 0 bridgehead atoms. The largest absolute Gasteiger partial charge is 0.478 e. The second kappa shape index (κ2) is 7.36. The number of hydrogen-bond donors (Lipinski definition) is 2. The molecule has 0 aliphatic rings. The van der Waals surface area contributed by atoms with Crippen LogP contribution in [0, 0.1) is 0 Å². The van der Waals surface area contributed by atoms with Crippen molar-refractivity contribution in [2.45, 2.75) is 13.5 Å². The molecule has 5 nitrogen and oxygen atoms in total. The summed E-state index contributed by atoms with van der Waals surface area (Å²) < 4.78 is 2.16. The first kappa shape index (κ1) is 17.0. The number of nitrogens with zero attached hydrogens (tertiary/aromatic N) is 2. The normalized spacial score (nSPS) is 11.5. The molecule has 0 atom stereocenters. The van der Waals surface area contributed by atoms with E-state index in [-0.39, 0.29) is 5.56 Å². The van der Waals surface area contributed by atoms with E-state index in [2.05, 4.69) is 39.3 Å². The number of anilines is 1. The maximum absolute atomic E-state index is 11.0. The van der Waals surface area contributed by atoms with Gasteiger partial charge in [0.2, 0.25) is 0 Å². The fraction of sp³-hybridized carbons (Fsp3) is 0.158. The minimum absolute atomic E-state index is 0.261. The van der Waals surface area contributed by atoms with Gasteiger partial charge in [0.15, 0.2) is 4.80 Å². The maximum atomic E-state index is 11.0. The standard InChI is InChI=1S/C19H19N3O2S/c1-3-22-17(15-6-4-5-7-16(15)20-2)12-25-19(22)21-14-10-8-13(9-11-14)18(23)24/h4-12,20H,3H2,1-2H3,(H,23,24)/b21-19-. The second-order valence-corrected chi connectivity index (χ2v) is 6.24. The predicted molar refractivity (Wildman–Crippen MR) is 102 cm³/mol. The molecule has 0 aliphatic heterocycles. The molecular weight excluding hydrogens is 334 g/mol. The summed E-state index contributed by atoms with van der Waals surface area (Å²) >= 11 is 1.57. The highest BCUT2D eigenvalue weighted by molar-refractivity contribution is 7.07. The van der Waals surface area contributed by atoms with Crippen LogP contribution in [0.2, 0.25) is 0 Å². The van der Waals surface area contributed by atoms with Crippen LogP contribution in [0.4, 0.5) is 11.4 Å². The van der Waals surface area contributed by atoms with Crippen LogP contribution in [-0.2, 0) is 6.54 Å². The Morgan fingerprint density at radius 2 is 1.92 bits per heavy atom. The van der Waals surface area contributed by atoms with Crippen molar-refractivity contribution < 1.29 is 9.90 Å². The first-order chi connectivity index (χ1) is 12.1. The first-order valence-corrected chi connectivity index (χ1v) is 8.85. The molecule has 0 saturated carbocycles. The van der Waals surface area contributed by atoms with Crippen molar-refractivity contribution in [2.24, 2.45) is 4.99 Å². The molecule has 0 spiro atoms. The monoisotopic (exact) mass is 353 g/mol. The van der Waals surface area contributed by atoms with Gasteiger partial charge in [-0.1, -0.05) is 18.2 Å². The van der Waals surface area contributed by atoms with Crippen molar-refractivity contribution in [2.75, 3.05) is 12.4 Å². The van der Waals surface area contributed by atoms with Crippen LogP contribution < -0.4 is 10.1 Å². The zero-order chi connectivity index (χ0) is 17.8. The molecule has 0 fully saturated rings.